The van der Waals surface area contributed by atoms with E-state index in [9.17, 15) is 15.0 Å². The van der Waals surface area contributed by atoms with Crippen LogP contribution in [0.5, 0.6) is 0 Å². The fraction of sp³-hybridized carbons (Fsp3) is 0.588. The number of esters is 1. The molecule has 2 aliphatic heterocycles. The van der Waals surface area contributed by atoms with Crippen LogP contribution < -0.4 is 0 Å². The number of hydrogen-bond donors (Lipinski definition) is 2. The van der Waals surface area contributed by atoms with E-state index in [1.165, 1.54) is 0 Å². The highest BCUT2D eigenvalue weighted by Gasteiger charge is 2.45. The number of ether oxygens (including phenoxy) is 1. The molecular formula is C17H23NO4. The quantitative estimate of drug-likeness (QED) is 0.809. The van der Waals surface area contributed by atoms with Crippen molar-refractivity contribution in [3.05, 3.63) is 35.9 Å². The molecule has 120 valence electrons. The van der Waals surface area contributed by atoms with Gasteiger partial charge < -0.3 is 14.9 Å². The average Bonchev–Trinajstić information content (AvgIpc) is 2.68. The van der Waals surface area contributed by atoms with Gasteiger partial charge in [-0.3, -0.25) is 9.69 Å². The van der Waals surface area contributed by atoms with Crippen LogP contribution in [0.1, 0.15) is 30.7 Å². The van der Waals surface area contributed by atoms with Crippen molar-refractivity contribution in [3.8, 4) is 0 Å². The van der Waals surface area contributed by atoms with Crippen LogP contribution in [-0.4, -0.2) is 59.0 Å². The lowest BCUT2D eigenvalue weighted by Crippen LogP contribution is -2.45. The maximum Gasteiger partial charge on any atom is 0.316 e. The average molecular weight is 305 g/mol. The summed E-state index contributed by atoms with van der Waals surface area (Å²) in [5, 5.41) is 19.6. The van der Waals surface area contributed by atoms with Crippen molar-refractivity contribution in [1.29, 1.82) is 0 Å². The van der Waals surface area contributed by atoms with Gasteiger partial charge in [0.25, 0.3) is 0 Å². The molecule has 0 unspecified atom stereocenters. The van der Waals surface area contributed by atoms with Crippen LogP contribution in [0.2, 0.25) is 0 Å². The van der Waals surface area contributed by atoms with E-state index in [1.807, 2.05) is 37.4 Å². The van der Waals surface area contributed by atoms with Crippen molar-refractivity contribution in [3.63, 3.8) is 0 Å². The van der Waals surface area contributed by atoms with Crippen molar-refractivity contribution in [2.75, 3.05) is 13.7 Å². The van der Waals surface area contributed by atoms with E-state index in [4.69, 9.17) is 4.74 Å². The fourth-order valence-electron chi connectivity index (χ4n) is 3.74. The van der Waals surface area contributed by atoms with E-state index >= 15 is 0 Å². The van der Waals surface area contributed by atoms with Crippen LogP contribution in [0.3, 0.4) is 0 Å². The van der Waals surface area contributed by atoms with Gasteiger partial charge >= 0.3 is 5.97 Å². The summed E-state index contributed by atoms with van der Waals surface area (Å²) in [6.07, 6.45) is 1.66. The monoisotopic (exact) mass is 305 g/mol. The van der Waals surface area contributed by atoms with Gasteiger partial charge in [0, 0.05) is 24.9 Å². The molecule has 1 aromatic rings. The molecule has 2 aliphatic rings. The molecule has 0 spiro atoms. The Morgan fingerprint density at radius 3 is 2.68 bits per heavy atom. The van der Waals surface area contributed by atoms with Gasteiger partial charge in [0.1, 0.15) is 12.0 Å². The molecule has 5 nitrogen and oxygen atoms in total. The molecule has 5 atom stereocenters. The van der Waals surface area contributed by atoms with Gasteiger partial charge in [0.15, 0.2) is 0 Å². The second-order valence-corrected chi connectivity index (χ2v) is 6.37. The first-order chi connectivity index (χ1) is 10.6. The minimum atomic E-state index is -0.636. The van der Waals surface area contributed by atoms with Gasteiger partial charge in [-0.15, -0.1) is 0 Å². The molecule has 0 aromatic heterocycles. The van der Waals surface area contributed by atoms with E-state index < -0.39 is 5.92 Å². The summed E-state index contributed by atoms with van der Waals surface area (Å²) in [7, 11) is 2.02. The molecular weight excluding hydrogens is 282 g/mol. The highest BCUT2D eigenvalue weighted by molar-refractivity contribution is 5.78. The SMILES string of the molecule is CN1[C@@H]2C[C@H](OC(=O)[C@@H](CO)c3ccccc3)C[C@H]1[C@H](O)C2. The van der Waals surface area contributed by atoms with Gasteiger partial charge in [-0.25, -0.2) is 0 Å². The number of aliphatic hydroxyl groups excluding tert-OH is 2. The first-order valence-corrected chi connectivity index (χ1v) is 7.86. The predicted octanol–water partition coefficient (Wildman–Crippen LogP) is 0.902. The lowest BCUT2D eigenvalue weighted by Gasteiger charge is -2.36. The second kappa shape index (κ2) is 6.36. The maximum atomic E-state index is 12.4. The topological polar surface area (TPSA) is 70.0 Å². The molecule has 5 heteroatoms. The summed E-state index contributed by atoms with van der Waals surface area (Å²) in [6, 6.07) is 9.56. The second-order valence-electron chi connectivity index (χ2n) is 6.37. The predicted molar refractivity (Wildman–Crippen MR) is 81.3 cm³/mol. The number of hydrogen-bond acceptors (Lipinski definition) is 5. The third-order valence-corrected chi connectivity index (χ3v) is 5.05. The Balaban J connectivity index is 1.65. The number of carbonyl (C=O) groups excluding carboxylic acids is 1. The van der Waals surface area contributed by atoms with E-state index in [0.717, 1.165) is 18.4 Å². The molecule has 0 saturated carbocycles. The molecule has 22 heavy (non-hydrogen) atoms. The zero-order valence-corrected chi connectivity index (χ0v) is 12.8. The molecule has 1 aromatic carbocycles. The first kappa shape index (κ1) is 15.5. The first-order valence-electron chi connectivity index (χ1n) is 7.86. The number of carbonyl (C=O) groups is 1. The van der Waals surface area contributed by atoms with Gasteiger partial charge in [-0.2, -0.15) is 0 Å². The lowest BCUT2D eigenvalue weighted by molar-refractivity contribution is -0.155. The summed E-state index contributed by atoms with van der Waals surface area (Å²) >= 11 is 0. The van der Waals surface area contributed by atoms with Crippen LogP contribution in [-0.2, 0) is 9.53 Å². The van der Waals surface area contributed by atoms with Crippen molar-refractivity contribution < 1.29 is 19.7 Å². The molecule has 2 saturated heterocycles. The molecule has 2 bridgehead atoms. The lowest BCUT2D eigenvalue weighted by atomic mass is 9.98. The molecule has 0 amide bonds. The summed E-state index contributed by atoms with van der Waals surface area (Å²) in [4.78, 5) is 14.6. The van der Waals surface area contributed by atoms with Crippen LogP contribution in [0.4, 0.5) is 0 Å². The van der Waals surface area contributed by atoms with Crippen molar-refractivity contribution >= 4 is 5.97 Å². The Hall–Kier alpha value is -1.43. The van der Waals surface area contributed by atoms with Gasteiger partial charge in [-0.1, -0.05) is 30.3 Å². The maximum absolute atomic E-state index is 12.4. The number of nitrogens with zero attached hydrogens (tertiary/aromatic N) is 1. The van der Waals surface area contributed by atoms with Crippen molar-refractivity contribution in [2.45, 2.75) is 49.5 Å². The van der Waals surface area contributed by atoms with Gasteiger partial charge in [0.05, 0.1) is 12.7 Å². The summed E-state index contributed by atoms with van der Waals surface area (Å²) in [5.74, 6) is -1.01. The number of likely N-dealkylation sites (N-methyl/N-ethyl adjacent to an activating group) is 1. The number of fused-ring (bicyclic) bond motifs is 2. The standard InChI is InChI=1S/C17H23NO4/c1-18-12-7-13(9-15(18)16(20)8-12)22-17(21)14(10-19)11-5-3-2-4-6-11/h2-6,12-16,19-20H,7-10H2,1H3/t12-,13+,14+,15+,16-/m1/s1. The van der Waals surface area contributed by atoms with E-state index in [1.54, 1.807) is 0 Å². The van der Waals surface area contributed by atoms with Crippen LogP contribution in [0, 0.1) is 0 Å². The molecule has 0 aliphatic carbocycles. The normalized spacial score (nSPS) is 32.7. The fourth-order valence-corrected chi connectivity index (χ4v) is 3.74. The Bertz CT molecular complexity index is 521. The number of benzene rings is 1. The van der Waals surface area contributed by atoms with E-state index in [2.05, 4.69) is 4.90 Å². The highest BCUT2D eigenvalue weighted by Crippen LogP contribution is 2.36. The summed E-state index contributed by atoms with van der Waals surface area (Å²) in [5.41, 5.74) is 0.769. The third kappa shape index (κ3) is 2.89. The van der Waals surface area contributed by atoms with Crippen molar-refractivity contribution in [1.82, 2.24) is 4.90 Å². The zero-order valence-electron chi connectivity index (χ0n) is 12.8. The van der Waals surface area contributed by atoms with E-state index in [-0.39, 0.29) is 36.9 Å². The summed E-state index contributed by atoms with van der Waals surface area (Å²) in [6.45, 7) is -0.259. The number of aliphatic hydroxyl groups is 2. The Kier molecular flexibility index (Phi) is 4.47. The highest BCUT2D eigenvalue weighted by atomic mass is 16.5. The minimum Gasteiger partial charge on any atom is -0.462 e. The number of piperidine rings is 1. The zero-order chi connectivity index (χ0) is 15.7. The van der Waals surface area contributed by atoms with Crippen LogP contribution in [0.15, 0.2) is 30.3 Å². The van der Waals surface area contributed by atoms with Gasteiger partial charge in [0.2, 0.25) is 0 Å². The molecule has 0 radical (unpaired) electrons. The molecule has 3 rings (SSSR count). The molecule has 2 N–H and O–H groups in total. The Labute approximate surface area is 130 Å². The van der Waals surface area contributed by atoms with Gasteiger partial charge in [-0.05, 0) is 19.0 Å². The Morgan fingerprint density at radius 2 is 2.05 bits per heavy atom. The number of rotatable bonds is 4. The minimum absolute atomic E-state index is 0.0702. The smallest absolute Gasteiger partial charge is 0.316 e. The van der Waals surface area contributed by atoms with Crippen molar-refractivity contribution in [2.24, 2.45) is 0 Å². The Morgan fingerprint density at radius 1 is 1.32 bits per heavy atom. The van der Waals surface area contributed by atoms with E-state index in [0.29, 0.717) is 6.42 Å². The summed E-state index contributed by atoms with van der Waals surface area (Å²) < 4.78 is 5.64. The van der Waals surface area contributed by atoms with Crippen LogP contribution >= 0.6 is 0 Å². The third-order valence-electron chi connectivity index (χ3n) is 5.05. The molecule has 2 heterocycles. The molecule has 2 fully saturated rings. The van der Waals surface area contributed by atoms with Crippen LogP contribution in [0.25, 0.3) is 0 Å². The largest absolute Gasteiger partial charge is 0.462 e.